The van der Waals surface area contributed by atoms with Gasteiger partial charge in [0.2, 0.25) is 5.76 Å². The van der Waals surface area contributed by atoms with Crippen molar-refractivity contribution in [2.45, 2.75) is 12.2 Å². The van der Waals surface area contributed by atoms with Gasteiger partial charge in [-0.2, -0.15) is 0 Å². The maximum atomic E-state index is 10.8. The molecule has 1 rings (SSSR count). The van der Waals surface area contributed by atoms with Crippen molar-refractivity contribution in [1.82, 2.24) is 0 Å². The minimum Gasteiger partial charge on any atom is -0.505 e. The Morgan fingerprint density at radius 1 is 1.50 bits per heavy atom. The van der Waals surface area contributed by atoms with E-state index in [9.17, 15) is 9.90 Å². The molecule has 0 bridgehead atoms. The van der Waals surface area contributed by atoms with Crippen molar-refractivity contribution in [3.05, 3.63) is 11.5 Å². The number of hydrogen-bond acceptors (Lipinski definition) is 6. The van der Waals surface area contributed by atoms with Crippen molar-refractivity contribution in [2.24, 2.45) is 0 Å². The molecule has 2 N–H and O–H groups in total. The van der Waals surface area contributed by atoms with Crippen LogP contribution in [0.1, 0.15) is 0 Å². The fraction of sp³-hybridized carbons (Fsp3) is 0.625. The summed E-state index contributed by atoms with van der Waals surface area (Å²) in [6.07, 6.45) is -1.62. The fourth-order valence-corrected chi connectivity index (χ4v) is 1.16. The number of esters is 1. The molecule has 14 heavy (non-hydrogen) atoms. The standard InChI is InChI=1S/C8H12O6/c1-12-3-4(13-2)7-5(9)6(10)8(11)14-7/h4,7,9-10H,3H2,1-2H3. The average Bonchev–Trinajstić information content (AvgIpc) is 2.42. The molecule has 1 heterocycles. The van der Waals surface area contributed by atoms with Gasteiger partial charge in [0.05, 0.1) is 6.61 Å². The topological polar surface area (TPSA) is 85.2 Å². The summed E-state index contributed by atoms with van der Waals surface area (Å²) >= 11 is 0. The molecule has 0 aliphatic carbocycles. The molecule has 0 aromatic heterocycles. The van der Waals surface area contributed by atoms with Gasteiger partial charge in [-0.25, -0.2) is 4.79 Å². The molecule has 1 aliphatic heterocycles. The van der Waals surface area contributed by atoms with Crippen LogP contribution in [0.3, 0.4) is 0 Å². The number of hydrogen-bond donors (Lipinski definition) is 2. The second kappa shape index (κ2) is 4.30. The Hall–Kier alpha value is -1.27. The van der Waals surface area contributed by atoms with Gasteiger partial charge in [0.15, 0.2) is 11.9 Å². The molecule has 80 valence electrons. The maximum Gasteiger partial charge on any atom is 0.377 e. The smallest absolute Gasteiger partial charge is 0.377 e. The van der Waals surface area contributed by atoms with Gasteiger partial charge in [-0.15, -0.1) is 0 Å². The summed E-state index contributed by atoms with van der Waals surface area (Å²) in [5.74, 6) is -2.24. The third kappa shape index (κ3) is 1.80. The summed E-state index contributed by atoms with van der Waals surface area (Å²) in [6, 6.07) is 0. The van der Waals surface area contributed by atoms with Crippen molar-refractivity contribution in [3.63, 3.8) is 0 Å². The van der Waals surface area contributed by atoms with E-state index in [4.69, 9.17) is 14.6 Å². The van der Waals surface area contributed by atoms with Crippen molar-refractivity contribution in [3.8, 4) is 0 Å². The number of cyclic esters (lactones) is 1. The number of ether oxygens (including phenoxy) is 3. The molecule has 0 fully saturated rings. The van der Waals surface area contributed by atoms with Gasteiger partial charge in [-0.3, -0.25) is 0 Å². The third-order valence-electron chi connectivity index (χ3n) is 1.91. The van der Waals surface area contributed by atoms with Gasteiger partial charge < -0.3 is 24.4 Å². The van der Waals surface area contributed by atoms with Crippen LogP contribution in [0.2, 0.25) is 0 Å². The van der Waals surface area contributed by atoms with Crippen LogP contribution in [0.4, 0.5) is 0 Å². The highest BCUT2D eigenvalue weighted by Crippen LogP contribution is 2.22. The highest BCUT2D eigenvalue weighted by atomic mass is 16.6. The van der Waals surface area contributed by atoms with E-state index < -0.39 is 29.7 Å². The van der Waals surface area contributed by atoms with Crippen molar-refractivity contribution in [2.75, 3.05) is 20.8 Å². The maximum absolute atomic E-state index is 10.8. The zero-order valence-electron chi connectivity index (χ0n) is 7.89. The first-order valence-corrected chi connectivity index (χ1v) is 3.96. The molecule has 2 unspecified atom stereocenters. The van der Waals surface area contributed by atoms with Crippen LogP contribution in [0.15, 0.2) is 11.5 Å². The number of methoxy groups -OCH3 is 2. The first-order valence-electron chi connectivity index (χ1n) is 3.96. The fourth-order valence-electron chi connectivity index (χ4n) is 1.16. The first-order chi connectivity index (χ1) is 6.61. The molecule has 0 radical (unpaired) electrons. The van der Waals surface area contributed by atoms with Crippen LogP contribution in [0.25, 0.3) is 0 Å². The molecule has 2 atom stereocenters. The van der Waals surface area contributed by atoms with E-state index in [1.54, 1.807) is 0 Å². The minimum absolute atomic E-state index is 0.145. The van der Waals surface area contributed by atoms with E-state index in [-0.39, 0.29) is 6.61 Å². The predicted molar refractivity (Wildman–Crippen MR) is 44.8 cm³/mol. The predicted octanol–water partition coefficient (Wildman–Crippen LogP) is -0.0992. The Labute approximate surface area is 80.7 Å². The summed E-state index contributed by atoms with van der Waals surface area (Å²) < 4.78 is 14.4. The normalized spacial score (nSPS) is 23.9. The summed E-state index contributed by atoms with van der Waals surface area (Å²) in [7, 11) is 2.84. The summed E-state index contributed by atoms with van der Waals surface area (Å²) in [5, 5.41) is 18.3. The lowest BCUT2D eigenvalue weighted by Crippen LogP contribution is -2.34. The first kappa shape index (κ1) is 10.8. The van der Waals surface area contributed by atoms with Crippen LogP contribution >= 0.6 is 0 Å². The van der Waals surface area contributed by atoms with E-state index in [0.717, 1.165) is 0 Å². The molecule has 0 saturated heterocycles. The molecular weight excluding hydrogens is 192 g/mol. The SMILES string of the molecule is COCC(OC)C1OC(=O)C(O)=C1O. The molecule has 6 nitrogen and oxygen atoms in total. The number of carbonyl (C=O) groups excluding carboxylic acids is 1. The number of aliphatic hydroxyl groups is 2. The summed E-state index contributed by atoms with van der Waals surface area (Å²) in [6.45, 7) is 0.145. The molecule has 0 aromatic rings. The summed E-state index contributed by atoms with van der Waals surface area (Å²) in [5.41, 5.74) is 0. The quantitative estimate of drug-likeness (QED) is 0.622. The van der Waals surface area contributed by atoms with Gasteiger partial charge in [0.1, 0.15) is 6.10 Å². The second-order valence-electron chi connectivity index (χ2n) is 2.79. The average molecular weight is 204 g/mol. The second-order valence-corrected chi connectivity index (χ2v) is 2.79. The van der Waals surface area contributed by atoms with Gasteiger partial charge in [0, 0.05) is 14.2 Å². The number of rotatable bonds is 4. The van der Waals surface area contributed by atoms with Crippen LogP contribution in [0.5, 0.6) is 0 Å². The largest absolute Gasteiger partial charge is 0.505 e. The molecule has 0 saturated carbocycles. The lowest BCUT2D eigenvalue weighted by molar-refractivity contribution is -0.149. The third-order valence-corrected chi connectivity index (χ3v) is 1.91. The lowest BCUT2D eigenvalue weighted by atomic mass is 10.2. The van der Waals surface area contributed by atoms with Crippen LogP contribution in [0, 0.1) is 0 Å². The van der Waals surface area contributed by atoms with Crippen molar-refractivity contribution >= 4 is 5.97 Å². The Morgan fingerprint density at radius 2 is 2.14 bits per heavy atom. The molecule has 1 aliphatic rings. The Kier molecular flexibility index (Phi) is 3.32. The van der Waals surface area contributed by atoms with Crippen LogP contribution < -0.4 is 0 Å². The van der Waals surface area contributed by atoms with Gasteiger partial charge in [-0.1, -0.05) is 0 Å². The Morgan fingerprint density at radius 3 is 2.50 bits per heavy atom. The molecule has 0 amide bonds. The Bertz CT molecular complexity index is 259. The van der Waals surface area contributed by atoms with E-state index in [2.05, 4.69) is 4.74 Å². The van der Waals surface area contributed by atoms with Crippen LogP contribution in [-0.4, -0.2) is 49.2 Å². The van der Waals surface area contributed by atoms with Gasteiger partial charge in [-0.05, 0) is 0 Å². The highest BCUT2D eigenvalue weighted by Gasteiger charge is 2.40. The minimum atomic E-state index is -0.993. The number of carbonyl (C=O) groups is 1. The van der Waals surface area contributed by atoms with E-state index in [1.807, 2.05) is 0 Å². The summed E-state index contributed by atoms with van der Waals surface area (Å²) in [4.78, 5) is 10.8. The van der Waals surface area contributed by atoms with E-state index in [0.29, 0.717) is 0 Å². The highest BCUT2D eigenvalue weighted by molar-refractivity contribution is 5.89. The van der Waals surface area contributed by atoms with E-state index in [1.165, 1.54) is 14.2 Å². The molecular formula is C8H12O6. The number of aliphatic hydroxyl groups excluding tert-OH is 2. The molecule has 0 aromatic carbocycles. The van der Waals surface area contributed by atoms with Gasteiger partial charge in [0.25, 0.3) is 0 Å². The zero-order chi connectivity index (χ0) is 10.7. The van der Waals surface area contributed by atoms with Crippen molar-refractivity contribution in [1.29, 1.82) is 0 Å². The van der Waals surface area contributed by atoms with Crippen molar-refractivity contribution < 1.29 is 29.2 Å². The Balaban J connectivity index is 2.75. The molecule has 0 spiro atoms. The monoisotopic (exact) mass is 204 g/mol. The molecule has 6 heteroatoms. The van der Waals surface area contributed by atoms with Crippen LogP contribution in [-0.2, 0) is 19.0 Å². The zero-order valence-corrected chi connectivity index (χ0v) is 7.89. The van der Waals surface area contributed by atoms with E-state index >= 15 is 0 Å². The van der Waals surface area contributed by atoms with Gasteiger partial charge >= 0.3 is 5.97 Å². The lowest BCUT2D eigenvalue weighted by Gasteiger charge is -2.19.